The van der Waals surface area contributed by atoms with Crippen molar-refractivity contribution < 1.29 is 4.74 Å². The fourth-order valence-corrected chi connectivity index (χ4v) is 3.11. The summed E-state index contributed by atoms with van der Waals surface area (Å²) in [5, 5.41) is 0.546. The van der Waals surface area contributed by atoms with Crippen LogP contribution in [0, 0.1) is 0 Å². The van der Waals surface area contributed by atoms with E-state index in [1.165, 1.54) is 5.56 Å². The highest BCUT2D eigenvalue weighted by atomic mass is 79.9. The highest BCUT2D eigenvalue weighted by Gasteiger charge is 2.17. The number of aromatic nitrogens is 1. The molecule has 0 atom stereocenters. The van der Waals surface area contributed by atoms with Gasteiger partial charge in [0, 0.05) is 22.3 Å². The van der Waals surface area contributed by atoms with Gasteiger partial charge in [0.15, 0.2) is 0 Å². The minimum Gasteiger partial charge on any atom is -0.437 e. The van der Waals surface area contributed by atoms with Gasteiger partial charge in [-0.05, 0) is 49.1 Å². The Hall–Kier alpha value is -1.10. The lowest BCUT2D eigenvalue weighted by Gasteiger charge is -2.12. The number of hydrogen-bond acceptors (Lipinski definition) is 3. The number of hydrogen-bond donors (Lipinski definition) is 1. The van der Waals surface area contributed by atoms with Gasteiger partial charge in [-0.2, -0.15) is 0 Å². The molecular formula is C15H14BrClN2O. The van der Waals surface area contributed by atoms with Crippen LogP contribution in [0.1, 0.15) is 23.2 Å². The summed E-state index contributed by atoms with van der Waals surface area (Å²) in [5.74, 6) is 1.16. The van der Waals surface area contributed by atoms with E-state index in [0.29, 0.717) is 23.2 Å². The molecule has 0 saturated heterocycles. The summed E-state index contributed by atoms with van der Waals surface area (Å²) < 4.78 is 6.78. The third-order valence-corrected chi connectivity index (χ3v) is 4.20. The smallest absolute Gasteiger partial charge is 0.224 e. The Labute approximate surface area is 131 Å². The Morgan fingerprint density at radius 1 is 1.30 bits per heavy atom. The minimum absolute atomic E-state index is 0.407. The van der Waals surface area contributed by atoms with Crippen molar-refractivity contribution in [3.8, 4) is 11.6 Å². The molecule has 1 aromatic carbocycles. The fourth-order valence-electron chi connectivity index (χ4n) is 2.40. The average molecular weight is 354 g/mol. The second kappa shape index (κ2) is 5.72. The molecule has 0 fully saturated rings. The molecule has 104 valence electrons. The summed E-state index contributed by atoms with van der Waals surface area (Å²) in [7, 11) is 0. The maximum absolute atomic E-state index is 6.18. The number of halogens is 2. The Bertz CT molecular complexity index is 661. The van der Waals surface area contributed by atoms with Crippen LogP contribution in [0.25, 0.3) is 0 Å². The summed E-state index contributed by atoms with van der Waals surface area (Å²) in [4.78, 5) is 4.61. The number of ether oxygens (including phenoxy) is 1. The first-order valence-corrected chi connectivity index (χ1v) is 7.69. The molecule has 3 nitrogen and oxygen atoms in total. The predicted molar refractivity (Wildman–Crippen MR) is 83.4 cm³/mol. The molecule has 2 N–H and O–H groups in total. The molecule has 0 saturated carbocycles. The SMILES string of the molecule is NCc1cc2c(nc1Oc1ccc(Br)cc1Cl)CCC2. The van der Waals surface area contributed by atoms with E-state index in [1.54, 1.807) is 6.07 Å². The molecule has 2 aromatic rings. The van der Waals surface area contributed by atoms with Gasteiger partial charge in [0.2, 0.25) is 5.88 Å². The van der Waals surface area contributed by atoms with E-state index in [4.69, 9.17) is 22.1 Å². The first-order valence-electron chi connectivity index (χ1n) is 6.52. The van der Waals surface area contributed by atoms with Crippen LogP contribution in [0.2, 0.25) is 5.02 Å². The van der Waals surface area contributed by atoms with E-state index in [9.17, 15) is 0 Å². The van der Waals surface area contributed by atoms with E-state index >= 15 is 0 Å². The van der Waals surface area contributed by atoms with E-state index in [0.717, 1.165) is 35.0 Å². The normalized spacial score (nSPS) is 13.3. The Morgan fingerprint density at radius 2 is 2.15 bits per heavy atom. The Kier molecular flexibility index (Phi) is 3.96. The van der Waals surface area contributed by atoms with Gasteiger partial charge in [0.05, 0.1) is 5.02 Å². The molecule has 0 spiro atoms. The number of pyridine rings is 1. The summed E-state index contributed by atoms with van der Waals surface area (Å²) in [5.41, 5.74) is 9.13. The van der Waals surface area contributed by atoms with Crippen molar-refractivity contribution in [2.75, 3.05) is 0 Å². The lowest BCUT2D eigenvalue weighted by molar-refractivity contribution is 0.454. The highest BCUT2D eigenvalue weighted by molar-refractivity contribution is 9.10. The predicted octanol–water partition coefficient (Wildman–Crippen LogP) is 4.24. The molecule has 0 unspecified atom stereocenters. The number of nitrogens with two attached hydrogens (primary N) is 1. The summed E-state index contributed by atoms with van der Waals surface area (Å²) >= 11 is 9.55. The maximum atomic E-state index is 6.18. The van der Waals surface area contributed by atoms with Crippen LogP contribution in [0.4, 0.5) is 0 Å². The van der Waals surface area contributed by atoms with Crippen molar-refractivity contribution in [3.05, 3.63) is 50.6 Å². The van der Waals surface area contributed by atoms with E-state index < -0.39 is 0 Å². The molecule has 0 aliphatic heterocycles. The second-order valence-corrected chi connectivity index (χ2v) is 6.12. The zero-order valence-electron chi connectivity index (χ0n) is 10.8. The van der Waals surface area contributed by atoms with Crippen molar-refractivity contribution in [1.29, 1.82) is 0 Å². The second-order valence-electron chi connectivity index (χ2n) is 4.79. The number of benzene rings is 1. The van der Waals surface area contributed by atoms with Crippen molar-refractivity contribution in [1.82, 2.24) is 4.98 Å². The van der Waals surface area contributed by atoms with Gasteiger partial charge in [-0.15, -0.1) is 0 Å². The molecule has 5 heteroatoms. The number of fused-ring (bicyclic) bond motifs is 1. The quantitative estimate of drug-likeness (QED) is 0.898. The number of nitrogens with zero attached hydrogens (tertiary/aromatic N) is 1. The molecule has 1 aliphatic rings. The fraction of sp³-hybridized carbons (Fsp3) is 0.267. The maximum Gasteiger partial charge on any atom is 0.224 e. The van der Waals surface area contributed by atoms with Crippen LogP contribution >= 0.6 is 27.5 Å². The average Bonchev–Trinajstić information content (AvgIpc) is 2.88. The lowest BCUT2D eigenvalue weighted by atomic mass is 10.1. The first kappa shape index (κ1) is 13.9. The van der Waals surface area contributed by atoms with E-state index in [-0.39, 0.29) is 0 Å². The molecule has 1 heterocycles. The molecule has 0 bridgehead atoms. The van der Waals surface area contributed by atoms with Crippen molar-refractivity contribution in [3.63, 3.8) is 0 Å². The van der Waals surface area contributed by atoms with Gasteiger partial charge in [0.25, 0.3) is 0 Å². The molecule has 20 heavy (non-hydrogen) atoms. The summed E-state index contributed by atoms with van der Waals surface area (Å²) in [6.07, 6.45) is 3.23. The van der Waals surface area contributed by atoms with E-state index in [1.807, 2.05) is 12.1 Å². The van der Waals surface area contributed by atoms with Crippen LogP contribution in [0.15, 0.2) is 28.7 Å². The van der Waals surface area contributed by atoms with E-state index in [2.05, 4.69) is 27.0 Å². The lowest BCUT2D eigenvalue weighted by Crippen LogP contribution is -2.04. The van der Waals surface area contributed by atoms with Crippen LogP contribution in [-0.2, 0) is 19.4 Å². The van der Waals surface area contributed by atoms with Crippen LogP contribution in [-0.4, -0.2) is 4.98 Å². The molecule has 3 rings (SSSR count). The molecular weight excluding hydrogens is 340 g/mol. The standard InChI is InChI=1S/C15H14BrClN2O/c16-11-4-5-14(12(17)7-11)20-15-10(8-18)6-9-2-1-3-13(9)19-15/h4-7H,1-3,8,18H2. The third kappa shape index (κ3) is 2.68. The molecule has 0 radical (unpaired) electrons. The summed E-state index contributed by atoms with van der Waals surface area (Å²) in [6, 6.07) is 7.61. The number of rotatable bonds is 3. The van der Waals surface area contributed by atoms with Gasteiger partial charge in [-0.25, -0.2) is 4.98 Å². The molecule has 0 amide bonds. The van der Waals surface area contributed by atoms with Crippen molar-refractivity contribution >= 4 is 27.5 Å². The van der Waals surface area contributed by atoms with Gasteiger partial charge in [-0.1, -0.05) is 27.5 Å². The topological polar surface area (TPSA) is 48.1 Å². The van der Waals surface area contributed by atoms with Crippen molar-refractivity contribution in [2.24, 2.45) is 5.73 Å². The zero-order chi connectivity index (χ0) is 14.1. The first-order chi connectivity index (χ1) is 9.67. The molecule has 1 aromatic heterocycles. The van der Waals surface area contributed by atoms with Crippen LogP contribution in [0.5, 0.6) is 11.6 Å². The van der Waals surface area contributed by atoms with Gasteiger partial charge < -0.3 is 10.5 Å². The number of aryl methyl sites for hydroxylation is 2. The third-order valence-electron chi connectivity index (χ3n) is 3.41. The molecule has 1 aliphatic carbocycles. The van der Waals surface area contributed by atoms with Gasteiger partial charge in [-0.3, -0.25) is 0 Å². The van der Waals surface area contributed by atoms with Gasteiger partial charge >= 0.3 is 0 Å². The van der Waals surface area contributed by atoms with Crippen LogP contribution in [0.3, 0.4) is 0 Å². The highest BCUT2D eigenvalue weighted by Crippen LogP contribution is 2.34. The minimum atomic E-state index is 0.407. The monoisotopic (exact) mass is 352 g/mol. The zero-order valence-corrected chi connectivity index (χ0v) is 13.2. The Morgan fingerprint density at radius 3 is 2.90 bits per heavy atom. The van der Waals surface area contributed by atoms with Crippen molar-refractivity contribution in [2.45, 2.75) is 25.8 Å². The summed E-state index contributed by atoms with van der Waals surface area (Å²) in [6.45, 7) is 0.407. The van der Waals surface area contributed by atoms with Gasteiger partial charge in [0.1, 0.15) is 5.75 Å². The Balaban J connectivity index is 1.97. The van der Waals surface area contributed by atoms with Crippen LogP contribution < -0.4 is 10.5 Å². The largest absolute Gasteiger partial charge is 0.437 e.